The first kappa shape index (κ1) is 20.1. The molecular formula is C19H30N2O3S. The highest BCUT2D eigenvalue weighted by Crippen LogP contribution is 2.18. The lowest BCUT2D eigenvalue weighted by atomic mass is 10.0. The highest BCUT2D eigenvalue weighted by molar-refractivity contribution is 7.90. The maximum absolute atomic E-state index is 12.3. The van der Waals surface area contributed by atoms with Gasteiger partial charge in [-0.3, -0.25) is 0 Å². The van der Waals surface area contributed by atoms with E-state index in [2.05, 4.69) is 4.72 Å². The number of hydrogen-bond acceptors (Lipinski definition) is 4. The zero-order valence-electron chi connectivity index (χ0n) is 15.5. The predicted octanol–water partition coefficient (Wildman–Crippen LogP) is 3.62. The Kier molecular flexibility index (Phi) is 7.59. The molecule has 0 aromatic heterocycles. The molecule has 1 amide bonds. The number of benzene rings is 1. The van der Waals surface area contributed by atoms with Crippen molar-refractivity contribution >= 4 is 17.5 Å². The number of rotatable bonds is 4. The van der Waals surface area contributed by atoms with Crippen LogP contribution >= 0.6 is 0 Å². The lowest BCUT2D eigenvalue weighted by Gasteiger charge is -2.31. The minimum Gasteiger partial charge on any atom is -0.598 e. The van der Waals surface area contributed by atoms with Crippen molar-refractivity contribution in [2.75, 3.05) is 13.1 Å². The molecule has 1 aliphatic rings. The van der Waals surface area contributed by atoms with Crippen molar-refractivity contribution in [1.29, 1.82) is 0 Å². The average molecular weight is 367 g/mol. The van der Waals surface area contributed by atoms with Gasteiger partial charge in [-0.1, -0.05) is 30.3 Å². The van der Waals surface area contributed by atoms with Gasteiger partial charge in [-0.05, 0) is 52.0 Å². The van der Waals surface area contributed by atoms with E-state index in [-0.39, 0.29) is 16.9 Å². The van der Waals surface area contributed by atoms with Gasteiger partial charge in [0.05, 0.1) is 6.04 Å². The van der Waals surface area contributed by atoms with Crippen molar-refractivity contribution in [3.63, 3.8) is 0 Å². The summed E-state index contributed by atoms with van der Waals surface area (Å²) in [5, 5.41) is 0. The molecule has 1 fully saturated rings. The number of hydrogen-bond donors (Lipinski definition) is 1. The van der Waals surface area contributed by atoms with Crippen molar-refractivity contribution in [3.8, 4) is 0 Å². The molecule has 1 aromatic rings. The standard InChI is InChI=1S/C19H30N2O3S/c1-19(2,3)25(23)20-17-11-7-8-13-21(14-12-17)18(22)24-15-16-9-5-4-6-10-16/h4-6,9-10,17,20H,7-8,11-15H2,1-3H3/t17?,25-/m1/s1. The van der Waals surface area contributed by atoms with Crippen LogP contribution in [-0.2, 0) is 22.7 Å². The van der Waals surface area contributed by atoms with E-state index in [9.17, 15) is 9.35 Å². The second kappa shape index (κ2) is 9.46. The zero-order valence-corrected chi connectivity index (χ0v) is 16.3. The van der Waals surface area contributed by atoms with E-state index in [1.807, 2.05) is 51.1 Å². The third kappa shape index (κ3) is 6.88. The Hall–Kier alpha value is -1.24. The molecule has 2 rings (SSSR count). The van der Waals surface area contributed by atoms with Crippen LogP contribution in [0.2, 0.25) is 0 Å². The third-order valence-corrected chi connectivity index (χ3v) is 5.93. The molecule has 0 aliphatic carbocycles. The number of carbonyl (C=O) groups excluding carboxylic acids is 1. The van der Waals surface area contributed by atoms with Crippen molar-refractivity contribution in [1.82, 2.24) is 9.62 Å². The number of nitrogens with zero attached hydrogens (tertiary/aromatic N) is 1. The van der Waals surface area contributed by atoms with Crippen LogP contribution < -0.4 is 4.72 Å². The topological polar surface area (TPSA) is 64.6 Å². The molecule has 1 aliphatic heterocycles. The SMILES string of the molecule is CC(C)(C)[S@@+]([O-])NC1CCCCN(C(=O)OCc2ccccc2)CC1. The first-order valence-electron chi connectivity index (χ1n) is 9.00. The third-order valence-electron chi connectivity index (χ3n) is 4.27. The van der Waals surface area contributed by atoms with Crippen LogP contribution in [0.1, 0.15) is 52.0 Å². The summed E-state index contributed by atoms with van der Waals surface area (Å²) in [6.07, 6.45) is 3.49. The van der Waals surface area contributed by atoms with Gasteiger partial charge in [0.25, 0.3) is 0 Å². The van der Waals surface area contributed by atoms with Crippen molar-refractivity contribution in [2.24, 2.45) is 0 Å². The maximum Gasteiger partial charge on any atom is 0.410 e. The molecule has 1 N–H and O–H groups in total. The van der Waals surface area contributed by atoms with Crippen LogP contribution in [0.4, 0.5) is 4.79 Å². The van der Waals surface area contributed by atoms with Crippen LogP contribution in [0.25, 0.3) is 0 Å². The predicted molar refractivity (Wildman–Crippen MR) is 101 cm³/mol. The fourth-order valence-electron chi connectivity index (χ4n) is 2.70. The number of carbonyl (C=O) groups is 1. The lowest BCUT2D eigenvalue weighted by molar-refractivity contribution is 0.0920. The molecule has 5 nitrogen and oxygen atoms in total. The average Bonchev–Trinajstić information content (AvgIpc) is 2.55. The van der Waals surface area contributed by atoms with Gasteiger partial charge in [-0.2, -0.15) is 0 Å². The molecule has 1 saturated heterocycles. The summed E-state index contributed by atoms with van der Waals surface area (Å²) in [5.74, 6) is 0. The number of amides is 1. The van der Waals surface area contributed by atoms with Gasteiger partial charge in [0.1, 0.15) is 11.4 Å². The molecule has 1 aromatic carbocycles. The molecule has 0 radical (unpaired) electrons. The van der Waals surface area contributed by atoms with Crippen LogP contribution in [0.15, 0.2) is 30.3 Å². The minimum atomic E-state index is -1.08. The summed E-state index contributed by atoms with van der Waals surface area (Å²) in [7, 11) is 0. The Morgan fingerprint density at radius 1 is 1.24 bits per heavy atom. The Labute approximate surface area is 154 Å². The summed E-state index contributed by atoms with van der Waals surface area (Å²) in [6.45, 7) is 7.55. The Morgan fingerprint density at radius 3 is 2.64 bits per heavy atom. The molecule has 0 spiro atoms. The normalized spacial score (nSPS) is 20.5. The summed E-state index contributed by atoms with van der Waals surface area (Å²) in [4.78, 5) is 14.1. The molecule has 2 atom stereocenters. The summed E-state index contributed by atoms with van der Waals surface area (Å²) < 4.78 is 20.7. The van der Waals surface area contributed by atoms with Crippen LogP contribution in [0, 0.1) is 0 Å². The van der Waals surface area contributed by atoms with Gasteiger partial charge < -0.3 is 14.2 Å². The second-order valence-corrected chi connectivity index (χ2v) is 9.51. The largest absolute Gasteiger partial charge is 0.598 e. The quantitative estimate of drug-likeness (QED) is 0.827. The first-order valence-corrected chi connectivity index (χ1v) is 10.1. The minimum absolute atomic E-state index is 0.171. The highest BCUT2D eigenvalue weighted by atomic mass is 32.2. The summed E-state index contributed by atoms with van der Waals surface area (Å²) in [5.41, 5.74) is 0.989. The second-order valence-electron chi connectivity index (χ2n) is 7.51. The van der Waals surface area contributed by atoms with E-state index in [1.54, 1.807) is 4.90 Å². The summed E-state index contributed by atoms with van der Waals surface area (Å²) >= 11 is -1.08. The number of ether oxygens (including phenoxy) is 1. The molecule has 140 valence electrons. The number of nitrogens with one attached hydrogen (secondary N) is 1. The number of likely N-dealkylation sites (tertiary alicyclic amines) is 1. The van der Waals surface area contributed by atoms with Gasteiger partial charge in [0.15, 0.2) is 0 Å². The molecule has 1 heterocycles. The van der Waals surface area contributed by atoms with Crippen molar-refractivity contribution in [2.45, 2.75) is 63.9 Å². The molecule has 6 heteroatoms. The van der Waals surface area contributed by atoms with E-state index >= 15 is 0 Å². The van der Waals surface area contributed by atoms with E-state index < -0.39 is 11.4 Å². The van der Waals surface area contributed by atoms with E-state index in [0.29, 0.717) is 13.2 Å². The fourth-order valence-corrected chi connectivity index (χ4v) is 3.59. The van der Waals surface area contributed by atoms with Gasteiger partial charge in [0.2, 0.25) is 0 Å². The first-order chi connectivity index (χ1) is 11.9. The van der Waals surface area contributed by atoms with Gasteiger partial charge >= 0.3 is 6.09 Å². The van der Waals surface area contributed by atoms with E-state index in [4.69, 9.17) is 4.74 Å². The van der Waals surface area contributed by atoms with Crippen molar-refractivity contribution in [3.05, 3.63) is 35.9 Å². The van der Waals surface area contributed by atoms with Gasteiger partial charge in [0, 0.05) is 24.5 Å². The van der Waals surface area contributed by atoms with Crippen LogP contribution in [-0.4, -0.2) is 39.4 Å². The molecule has 1 unspecified atom stereocenters. The van der Waals surface area contributed by atoms with Gasteiger partial charge in [-0.15, -0.1) is 4.72 Å². The summed E-state index contributed by atoms with van der Waals surface area (Å²) in [6, 6.07) is 9.88. The molecule has 25 heavy (non-hydrogen) atoms. The smallest absolute Gasteiger partial charge is 0.410 e. The fraction of sp³-hybridized carbons (Fsp3) is 0.632. The zero-order chi connectivity index (χ0) is 18.3. The molecule has 0 saturated carbocycles. The maximum atomic E-state index is 12.3. The molecule has 0 bridgehead atoms. The lowest BCUT2D eigenvalue weighted by Crippen LogP contribution is -2.47. The Balaban J connectivity index is 1.82. The molecular weight excluding hydrogens is 336 g/mol. The van der Waals surface area contributed by atoms with E-state index in [0.717, 1.165) is 37.8 Å². The van der Waals surface area contributed by atoms with Crippen LogP contribution in [0.3, 0.4) is 0 Å². The monoisotopic (exact) mass is 366 g/mol. The van der Waals surface area contributed by atoms with Crippen molar-refractivity contribution < 1.29 is 14.1 Å². The Morgan fingerprint density at radius 2 is 1.96 bits per heavy atom. The van der Waals surface area contributed by atoms with E-state index in [1.165, 1.54) is 0 Å². The highest BCUT2D eigenvalue weighted by Gasteiger charge is 2.30. The van der Waals surface area contributed by atoms with Gasteiger partial charge in [-0.25, -0.2) is 4.79 Å². The Bertz CT molecular complexity index is 533. The van der Waals surface area contributed by atoms with Crippen LogP contribution in [0.5, 0.6) is 0 Å².